The summed E-state index contributed by atoms with van der Waals surface area (Å²) >= 11 is 1.40. The zero-order valence-corrected chi connectivity index (χ0v) is 14.3. The van der Waals surface area contributed by atoms with E-state index in [1.54, 1.807) is 12.1 Å². The number of ether oxygens (including phenoxy) is 1. The number of benzene rings is 2. The van der Waals surface area contributed by atoms with E-state index >= 15 is 0 Å². The molecule has 0 radical (unpaired) electrons. The molecule has 0 saturated carbocycles. The number of para-hydroxylation sites is 1. The first kappa shape index (κ1) is 16.3. The number of nitrogens with one attached hydrogen (secondary N) is 1. The van der Waals surface area contributed by atoms with Crippen molar-refractivity contribution in [1.82, 2.24) is 4.98 Å². The SMILES string of the molecule is O=C(Nc1nc2ccccc2s1)c1ccc(COc2ccc(F)cc2)o1. The van der Waals surface area contributed by atoms with Crippen molar-refractivity contribution in [3.63, 3.8) is 0 Å². The second kappa shape index (κ2) is 6.97. The van der Waals surface area contributed by atoms with Crippen molar-refractivity contribution in [1.29, 1.82) is 0 Å². The van der Waals surface area contributed by atoms with Crippen molar-refractivity contribution in [2.45, 2.75) is 6.61 Å². The van der Waals surface area contributed by atoms with Crippen molar-refractivity contribution in [3.05, 3.63) is 78.0 Å². The molecule has 0 atom stereocenters. The number of carbonyl (C=O) groups excluding carboxylic acids is 1. The van der Waals surface area contributed by atoms with Crippen molar-refractivity contribution < 1.29 is 18.3 Å². The Hall–Kier alpha value is -3.19. The van der Waals surface area contributed by atoms with Gasteiger partial charge in [0.25, 0.3) is 5.91 Å². The lowest BCUT2D eigenvalue weighted by molar-refractivity contribution is 0.0992. The molecule has 1 amide bonds. The number of aromatic nitrogens is 1. The minimum absolute atomic E-state index is 0.139. The lowest BCUT2D eigenvalue weighted by Gasteiger charge is -2.03. The summed E-state index contributed by atoms with van der Waals surface area (Å²) < 4.78 is 24.9. The summed E-state index contributed by atoms with van der Waals surface area (Å²) in [5, 5.41) is 3.24. The third kappa shape index (κ3) is 3.57. The summed E-state index contributed by atoms with van der Waals surface area (Å²) in [7, 11) is 0. The molecule has 0 saturated heterocycles. The quantitative estimate of drug-likeness (QED) is 0.546. The third-order valence-electron chi connectivity index (χ3n) is 3.59. The highest BCUT2D eigenvalue weighted by molar-refractivity contribution is 7.22. The normalized spacial score (nSPS) is 10.8. The van der Waals surface area contributed by atoms with Gasteiger partial charge in [-0.15, -0.1) is 0 Å². The predicted octanol–water partition coefficient (Wildman–Crippen LogP) is 4.86. The lowest BCUT2D eigenvalue weighted by Crippen LogP contribution is -2.10. The van der Waals surface area contributed by atoms with E-state index in [0.717, 1.165) is 10.2 Å². The maximum atomic E-state index is 12.9. The van der Waals surface area contributed by atoms with Crippen LogP contribution in [0.3, 0.4) is 0 Å². The first-order chi connectivity index (χ1) is 12.7. The summed E-state index contributed by atoms with van der Waals surface area (Å²) in [4.78, 5) is 16.7. The number of fused-ring (bicyclic) bond motifs is 1. The summed E-state index contributed by atoms with van der Waals surface area (Å²) in [5.41, 5.74) is 0.834. The maximum absolute atomic E-state index is 12.9. The summed E-state index contributed by atoms with van der Waals surface area (Å²) in [6, 6.07) is 16.6. The van der Waals surface area contributed by atoms with Crippen LogP contribution in [0.15, 0.2) is 65.1 Å². The second-order valence-electron chi connectivity index (χ2n) is 5.45. The molecule has 0 unspecified atom stereocenters. The first-order valence-electron chi connectivity index (χ1n) is 7.81. The summed E-state index contributed by atoms with van der Waals surface area (Å²) in [6.45, 7) is 0.139. The average Bonchev–Trinajstić information content (AvgIpc) is 3.27. The summed E-state index contributed by atoms with van der Waals surface area (Å²) in [5.74, 6) is 0.468. The number of furan rings is 1. The van der Waals surface area contributed by atoms with Crippen molar-refractivity contribution in [2.75, 3.05) is 5.32 Å². The van der Waals surface area contributed by atoms with Crippen LogP contribution in [0.2, 0.25) is 0 Å². The maximum Gasteiger partial charge on any atom is 0.293 e. The van der Waals surface area contributed by atoms with Crippen LogP contribution < -0.4 is 10.1 Å². The summed E-state index contributed by atoms with van der Waals surface area (Å²) in [6.07, 6.45) is 0. The predicted molar refractivity (Wildman–Crippen MR) is 97.0 cm³/mol. The van der Waals surface area contributed by atoms with E-state index in [2.05, 4.69) is 10.3 Å². The molecule has 5 nitrogen and oxygen atoms in total. The second-order valence-corrected chi connectivity index (χ2v) is 6.48. The zero-order chi connectivity index (χ0) is 17.9. The highest BCUT2D eigenvalue weighted by atomic mass is 32.1. The molecule has 2 aromatic carbocycles. The number of nitrogens with zero attached hydrogens (tertiary/aromatic N) is 1. The fraction of sp³-hybridized carbons (Fsp3) is 0.0526. The van der Waals surface area contributed by atoms with Crippen LogP contribution in [0.25, 0.3) is 10.2 Å². The van der Waals surface area contributed by atoms with Gasteiger partial charge in [-0.1, -0.05) is 23.5 Å². The molecule has 26 heavy (non-hydrogen) atoms. The van der Waals surface area contributed by atoms with Crippen LogP contribution in [0.4, 0.5) is 9.52 Å². The Kier molecular flexibility index (Phi) is 4.37. The van der Waals surface area contributed by atoms with E-state index in [4.69, 9.17) is 9.15 Å². The van der Waals surface area contributed by atoms with Gasteiger partial charge in [0.05, 0.1) is 10.2 Å². The van der Waals surface area contributed by atoms with Gasteiger partial charge in [0.2, 0.25) is 0 Å². The van der Waals surface area contributed by atoms with Crippen LogP contribution in [-0.2, 0) is 6.61 Å². The number of carbonyl (C=O) groups is 1. The molecule has 0 bridgehead atoms. The van der Waals surface area contributed by atoms with Crippen molar-refractivity contribution in [3.8, 4) is 5.75 Å². The van der Waals surface area contributed by atoms with E-state index in [1.807, 2.05) is 24.3 Å². The van der Waals surface area contributed by atoms with Gasteiger partial charge in [0.1, 0.15) is 23.9 Å². The first-order valence-corrected chi connectivity index (χ1v) is 8.63. The van der Waals surface area contributed by atoms with E-state index in [-0.39, 0.29) is 24.1 Å². The molecular formula is C19H13FN2O3S. The Balaban J connectivity index is 1.40. The van der Waals surface area contributed by atoms with Crippen LogP contribution in [0.5, 0.6) is 5.75 Å². The topological polar surface area (TPSA) is 64.4 Å². The van der Waals surface area contributed by atoms with Gasteiger partial charge in [-0.3, -0.25) is 10.1 Å². The molecule has 1 N–H and O–H groups in total. The number of thiazole rings is 1. The molecule has 0 aliphatic heterocycles. The fourth-order valence-corrected chi connectivity index (χ4v) is 3.21. The van der Waals surface area contributed by atoms with Crippen LogP contribution in [0, 0.1) is 5.82 Å². The van der Waals surface area contributed by atoms with E-state index < -0.39 is 0 Å². The van der Waals surface area contributed by atoms with Crippen LogP contribution in [0.1, 0.15) is 16.3 Å². The standard InChI is InChI=1S/C19H13FN2O3S/c20-12-5-7-13(8-6-12)24-11-14-9-10-16(25-14)18(23)22-19-21-15-3-1-2-4-17(15)26-19/h1-10H,11H2,(H,21,22,23). The molecule has 7 heteroatoms. The minimum Gasteiger partial charge on any atom is -0.486 e. The molecule has 4 rings (SSSR count). The van der Waals surface area contributed by atoms with Crippen LogP contribution >= 0.6 is 11.3 Å². The van der Waals surface area contributed by atoms with Crippen molar-refractivity contribution in [2.24, 2.45) is 0 Å². The molecule has 0 aliphatic carbocycles. The minimum atomic E-state index is -0.378. The monoisotopic (exact) mass is 368 g/mol. The fourth-order valence-electron chi connectivity index (χ4n) is 2.35. The van der Waals surface area contributed by atoms with E-state index in [1.165, 1.54) is 35.6 Å². The molecule has 4 aromatic rings. The van der Waals surface area contributed by atoms with Gasteiger partial charge in [-0.2, -0.15) is 0 Å². The lowest BCUT2D eigenvalue weighted by atomic mass is 10.3. The molecule has 0 spiro atoms. The highest BCUT2D eigenvalue weighted by Gasteiger charge is 2.14. The van der Waals surface area contributed by atoms with E-state index in [0.29, 0.717) is 16.6 Å². The van der Waals surface area contributed by atoms with Crippen LogP contribution in [-0.4, -0.2) is 10.9 Å². The van der Waals surface area contributed by atoms with E-state index in [9.17, 15) is 9.18 Å². The zero-order valence-electron chi connectivity index (χ0n) is 13.4. The molecule has 2 heterocycles. The number of anilines is 1. The highest BCUT2D eigenvalue weighted by Crippen LogP contribution is 2.26. The number of hydrogen-bond donors (Lipinski definition) is 1. The number of hydrogen-bond acceptors (Lipinski definition) is 5. The van der Waals surface area contributed by atoms with Gasteiger partial charge in [0, 0.05) is 0 Å². The van der Waals surface area contributed by atoms with Gasteiger partial charge >= 0.3 is 0 Å². The molecule has 0 aliphatic rings. The van der Waals surface area contributed by atoms with Gasteiger partial charge in [-0.05, 0) is 48.5 Å². The Bertz CT molecular complexity index is 1020. The number of halogens is 1. The Morgan fingerprint density at radius 1 is 1.12 bits per heavy atom. The number of rotatable bonds is 5. The van der Waals surface area contributed by atoms with Gasteiger partial charge in [-0.25, -0.2) is 9.37 Å². The Morgan fingerprint density at radius 3 is 2.73 bits per heavy atom. The smallest absolute Gasteiger partial charge is 0.293 e. The van der Waals surface area contributed by atoms with Gasteiger partial charge in [0.15, 0.2) is 10.9 Å². The van der Waals surface area contributed by atoms with Crippen molar-refractivity contribution >= 4 is 32.6 Å². The Morgan fingerprint density at radius 2 is 1.92 bits per heavy atom. The molecule has 0 fully saturated rings. The molecule has 2 aromatic heterocycles. The largest absolute Gasteiger partial charge is 0.486 e. The Labute approximate surface area is 152 Å². The average molecular weight is 368 g/mol. The van der Waals surface area contributed by atoms with Gasteiger partial charge < -0.3 is 9.15 Å². The third-order valence-corrected chi connectivity index (χ3v) is 4.55. The molecular weight excluding hydrogens is 355 g/mol. The number of amides is 1. The molecule has 130 valence electrons.